The lowest BCUT2D eigenvalue weighted by Gasteiger charge is -2.19. The summed E-state index contributed by atoms with van der Waals surface area (Å²) in [6, 6.07) is 15.8. The quantitative estimate of drug-likeness (QED) is 0.456. The molecule has 0 heterocycles. The van der Waals surface area contributed by atoms with Crippen LogP contribution in [-0.2, 0) is 20.9 Å². The molecule has 2 rings (SSSR count). The molecule has 0 saturated heterocycles. The van der Waals surface area contributed by atoms with E-state index in [1.165, 1.54) is 19.2 Å². The van der Waals surface area contributed by atoms with Crippen LogP contribution < -0.4 is 0 Å². The zero-order valence-corrected chi connectivity index (χ0v) is 15.4. The number of ether oxygens (including phenoxy) is 2. The molecule has 4 nitrogen and oxygen atoms in total. The summed E-state index contributed by atoms with van der Waals surface area (Å²) in [5.41, 5.74) is 1.86. The van der Waals surface area contributed by atoms with Crippen LogP contribution in [-0.4, -0.2) is 24.8 Å². The van der Waals surface area contributed by atoms with Gasteiger partial charge in [-0.05, 0) is 36.1 Å². The second-order valence-electron chi connectivity index (χ2n) is 6.25. The van der Waals surface area contributed by atoms with Gasteiger partial charge in [0.2, 0.25) is 0 Å². The summed E-state index contributed by atoms with van der Waals surface area (Å²) < 4.78 is 24.0. The Labute approximate surface area is 159 Å². The lowest BCUT2D eigenvalue weighted by molar-refractivity contribution is -0.143. The molecule has 0 radical (unpaired) electrons. The molecule has 0 fully saturated rings. The molecule has 5 heteroatoms. The Balaban J connectivity index is 1.81. The molecule has 1 unspecified atom stereocenters. The fourth-order valence-corrected chi connectivity index (χ4v) is 2.75. The van der Waals surface area contributed by atoms with E-state index in [1.807, 2.05) is 42.5 Å². The normalized spacial score (nSPS) is 13.6. The van der Waals surface area contributed by atoms with Crippen LogP contribution in [0, 0.1) is 11.7 Å². The van der Waals surface area contributed by atoms with E-state index in [0.29, 0.717) is 26.1 Å². The SMILES string of the molecule is CO[C@H](CC(C/C=C/COCc1ccccc1)C(=O)O)c1ccc(F)cc1. The van der Waals surface area contributed by atoms with Crippen molar-refractivity contribution in [3.63, 3.8) is 0 Å². The Hall–Kier alpha value is -2.50. The summed E-state index contributed by atoms with van der Waals surface area (Å²) in [6.07, 6.45) is 3.95. The highest BCUT2D eigenvalue weighted by molar-refractivity contribution is 5.70. The summed E-state index contributed by atoms with van der Waals surface area (Å²) in [5, 5.41) is 9.48. The van der Waals surface area contributed by atoms with Crippen molar-refractivity contribution in [3.8, 4) is 0 Å². The maximum atomic E-state index is 13.1. The van der Waals surface area contributed by atoms with Crippen molar-refractivity contribution in [2.24, 2.45) is 5.92 Å². The van der Waals surface area contributed by atoms with Gasteiger partial charge in [0.05, 0.1) is 25.2 Å². The third kappa shape index (κ3) is 7.33. The molecule has 0 bridgehead atoms. The Morgan fingerprint density at radius 1 is 1.11 bits per heavy atom. The fourth-order valence-electron chi connectivity index (χ4n) is 2.75. The average Bonchev–Trinajstić information content (AvgIpc) is 2.68. The van der Waals surface area contributed by atoms with Crippen LogP contribution in [0.25, 0.3) is 0 Å². The maximum Gasteiger partial charge on any atom is 0.306 e. The van der Waals surface area contributed by atoms with Crippen molar-refractivity contribution < 1.29 is 23.8 Å². The minimum atomic E-state index is -0.881. The van der Waals surface area contributed by atoms with Crippen molar-refractivity contribution >= 4 is 5.97 Å². The summed E-state index contributed by atoms with van der Waals surface area (Å²) >= 11 is 0. The number of benzene rings is 2. The molecular weight excluding hydrogens is 347 g/mol. The van der Waals surface area contributed by atoms with Crippen molar-refractivity contribution in [1.29, 1.82) is 0 Å². The van der Waals surface area contributed by atoms with Gasteiger partial charge in [0, 0.05) is 7.11 Å². The van der Waals surface area contributed by atoms with Crippen molar-refractivity contribution in [3.05, 3.63) is 83.7 Å². The Morgan fingerprint density at radius 2 is 1.81 bits per heavy atom. The average molecular weight is 372 g/mol. The van der Waals surface area contributed by atoms with Gasteiger partial charge in [-0.1, -0.05) is 54.6 Å². The van der Waals surface area contributed by atoms with Gasteiger partial charge < -0.3 is 14.6 Å². The minimum Gasteiger partial charge on any atom is -0.481 e. The maximum absolute atomic E-state index is 13.1. The number of aliphatic carboxylic acids is 1. The topological polar surface area (TPSA) is 55.8 Å². The number of methoxy groups -OCH3 is 1. The largest absolute Gasteiger partial charge is 0.481 e. The van der Waals surface area contributed by atoms with E-state index in [1.54, 1.807) is 12.1 Å². The second-order valence-corrected chi connectivity index (χ2v) is 6.25. The summed E-state index contributed by atoms with van der Waals surface area (Å²) in [6.45, 7) is 0.941. The molecule has 1 N–H and O–H groups in total. The van der Waals surface area contributed by atoms with Crippen LogP contribution >= 0.6 is 0 Å². The Kier molecular flexibility index (Phi) is 8.68. The monoisotopic (exact) mass is 372 g/mol. The predicted molar refractivity (Wildman–Crippen MR) is 102 cm³/mol. The standard InChI is InChI=1S/C22H25FO4/c1-26-21(18-10-12-20(23)13-11-18)15-19(22(24)25)9-5-6-14-27-16-17-7-3-2-4-8-17/h2-8,10-13,19,21H,9,14-16H2,1H3,(H,24,25)/b6-5+/t19?,21-/m1/s1. The van der Waals surface area contributed by atoms with Crippen LogP contribution in [0.5, 0.6) is 0 Å². The van der Waals surface area contributed by atoms with Gasteiger partial charge in [-0.15, -0.1) is 0 Å². The van der Waals surface area contributed by atoms with E-state index in [0.717, 1.165) is 11.1 Å². The molecule has 0 aliphatic rings. The highest BCUT2D eigenvalue weighted by Gasteiger charge is 2.22. The highest BCUT2D eigenvalue weighted by atomic mass is 19.1. The van der Waals surface area contributed by atoms with Gasteiger partial charge in [-0.25, -0.2) is 4.39 Å². The molecule has 2 aromatic carbocycles. The van der Waals surface area contributed by atoms with Crippen LogP contribution in [0.3, 0.4) is 0 Å². The first-order valence-corrected chi connectivity index (χ1v) is 8.88. The smallest absolute Gasteiger partial charge is 0.306 e. The van der Waals surface area contributed by atoms with E-state index in [-0.39, 0.29) is 5.82 Å². The highest BCUT2D eigenvalue weighted by Crippen LogP contribution is 2.27. The van der Waals surface area contributed by atoms with Gasteiger partial charge >= 0.3 is 5.97 Å². The minimum absolute atomic E-state index is 0.312. The number of rotatable bonds is 11. The number of hydrogen-bond donors (Lipinski definition) is 1. The zero-order chi connectivity index (χ0) is 19.5. The molecule has 0 spiro atoms. The van der Waals surface area contributed by atoms with Crippen molar-refractivity contribution in [2.45, 2.75) is 25.6 Å². The Morgan fingerprint density at radius 3 is 2.44 bits per heavy atom. The number of halogens is 1. The second kappa shape index (κ2) is 11.3. The van der Waals surface area contributed by atoms with Gasteiger partial charge in [0.15, 0.2) is 0 Å². The van der Waals surface area contributed by atoms with Crippen LogP contribution in [0.15, 0.2) is 66.7 Å². The van der Waals surface area contributed by atoms with Crippen LogP contribution in [0.1, 0.15) is 30.1 Å². The van der Waals surface area contributed by atoms with E-state index >= 15 is 0 Å². The van der Waals surface area contributed by atoms with Crippen LogP contribution in [0.4, 0.5) is 4.39 Å². The molecule has 0 aliphatic carbocycles. The third-order valence-electron chi connectivity index (χ3n) is 4.29. The van der Waals surface area contributed by atoms with E-state index in [9.17, 15) is 14.3 Å². The molecule has 2 atom stereocenters. The zero-order valence-electron chi connectivity index (χ0n) is 15.4. The molecule has 144 valence electrons. The fraction of sp³-hybridized carbons (Fsp3) is 0.318. The Bertz CT molecular complexity index is 713. The summed E-state index contributed by atoms with van der Waals surface area (Å²) in [5.74, 6) is -1.80. The summed E-state index contributed by atoms with van der Waals surface area (Å²) in [7, 11) is 1.53. The van der Waals surface area contributed by atoms with Gasteiger partial charge in [0.25, 0.3) is 0 Å². The van der Waals surface area contributed by atoms with Crippen molar-refractivity contribution in [1.82, 2.24) is 0 Å². The lowest BCUT2D eigenvalue weighted by Crippen LogP contribution is -2.17. The first-order valence-electron chi connectivity index (χ1n) is 8.88. The predicted octanol–water partition coefficient (Wildman–Crippen LogP) is 4.77. The van der Waals surface area contributed by atoms with E-state index in [2.05, 4.69) is 0 Å². The van der Waals surface area contributed by atoms with Crippen molar-refractivity contribution in [2.75, 3.05) is 13.7 Å². The third-order valence-corrected chi connectivity index (χ3v) is 4.29. The number of carbonyl (C=O) groups is 1. The summed E-state index contributed by atoms with van der Waals surface area (Å²) in [4.78, 5) is 11.6. The number of hydrogen-bond acceptors (Lipinski definition) is 3. The number of allylic oxidation sites excluding steroid dienone is 1. The van der Waals surface area contributed by atoms with Crippen LogP contribution in [0.2, 0.25) is 0 Å². The number of carboxylic acids is 1. The number of carboxylic acid groups (broad SMARTS) is 1. The van der Waals surface area contributed by atoms with E-state index < -0.39 is 18.0 Å². The molecule has 0 saturated carbocycles. The molecule has 2 aromatic rings. The van der Waals surface area contributed by atoms with Gasteiger partial charge in [0.1, 0.15) is 5.82 Å². The molecule has 27 heavy (non-hydrogen) atoms. The first kappa shape index (κ1) is 20.8. The molecule has 0 amide bonds. The lowest BCUT2D eigenvalue weighted by atomic mass is 9.94. The van der Waals surface area contributed by atoms with Gasteiger partial charge in [-0.2, -0.15) is 0 Å². The van der Waals surface area contributed by atoms with E-state index in [4.69, 9.17) is 9.47 Å². The van der Waals surface area contributed by atoms with Gasteiger partial charge in [-0.3, -0.25) is 4.79 Å². The molecular formula is C22H25FO4. The molecule has 0 aliphatic heterocycles. The first-order chi connectivity index (χ1) is 13.1. The molecule has 0 aromatic heterocycles.